The molecule has 2 heterocycles. The van der Waals surface area contributed by atoms with E-state index in [2.05, 4.69) is 45.9 Å². The summed E-state index contributed by atoms with van der Waals surface area (Å²) < 4.78 is 0. The number of benzene rings is 2. The minimum Gasteiger partial charge on any atom is -0.316 e. The van der Waals surface area contributed by atoms with E-state index in [1.54, 1.807) is 0 Å². The molecule has 0 radical (unpaired) electrons. The Morgan fingerprint density at radius 2 is 1.96 bits per heavy atom. The van der Waals surface area contributed by atoms with Crippen molar-refractivity contribution in [2.75, 3.05) is 18.4 Å². The highest BCUT2D eigenvalue weighted by atomic mass is 16.1. The monoisotopic (exact) mass is 345 g/mol. The summed E-state index contributed by atoms with van der Waals surface area (Å²) in [4.78, 5) is 16.8. The summed E-state index contributed by atoms with van der Waals surface area (Å²) in [5.41, 5.74) is 1.92. The SMILES string of the molecule is O=C(CCC1CCNC1)Nc1cccc(-c2ccc3ccccc3c2)n1. The molecule has 1 aliphatic rings. The van der Waals surface area contributed by atoms with E-state index in [1.807, 2.05) is 30.3 Å². The van der Waals surface area contributed by atoms with Gasteiger partial charge in [0.1, 0.15) is 5.82 Å². The minimum atomic E-state index is 0.0417. The van der Waals surface area contributed by atoms with Gasteiger partial charge in [-0.3, -0.25) is 4.79 Å². The largest absolute Gasteiger partial charge is 0.316 e. The van der Waals surface area contributed by atoms with Crippen LogP contribution in [0.5, 0.6) is 0 Å². The van der Waals surface area contributed by atoms with Crippen LogP contribution < -0.4 is 10.6 Å². The zero-order valence-electron chi connectivity index (χ0n) is 14.7. The van der Waals surface area contributed by atoms with Gasteiger partial charge in [-0.2, -0.15) is 0 Å². The van der Waals surface area contributed by atoms with E-state index in [9.17, 15) is 4.79 Å². The lowest BCUT2D eigenvalue weighted by Crippen LogP contribution is -2.15. The molecule has 2 aromatic carbocycles. The normalized spacial score (nSPS) is 16.7. The van der Waals surface area contributed by atoms with Crippen LogP contribution in [0.25, 0.3) is 22.0 Å². The Morgan fingerprint density at radius 1 is 1.08 bits per heavy atom. The molecule has 0 spiro atoms. The number of anilines is 1. The molecule has 1 unspecified atom stereocenters. The average Bonchev–Trinajstić information content (AvgIpc) is 3.20. The third-order valence-electron chi connectivity index (χ3n) is 5.00. The van der Waals surface area contributed by atoms with Crippen molar-refractivity contribution in [3.63, 3.8) is 0 Å². The molecule has 1 amide bonds. The van der Waals surface area contributed by atoms with Crippen LogP contribution in [-0.2, 0) is 4.79 Å². The van der Waals surface area contributed by atoms with Crippen molar-refractivity contribution in [1.82, 2.24) is 10.3 Å². The predicted octanol–water partition coefficient (Wildman–Crippen LogP) is 4.23. The van der Waals surface area contributed by atoms with Gasteiger partial charge in [-0.05, 0) is 60.8 Å². The van der Waals surface area contributed by atoms with Crippen molar-refractivity contribution < 1.29 is 4.79 Å². The summed E-state index contributed by atoms with van der Waals surface area (Å²) in [7, 11) is 0. The van der Waals surface area contributed by atoms with Crippen LogP contribution in [0.3, 0.4) is 0 Å². The van der Waals surface area contributed by atoms with Crippen molar-refractivity contribution >= 4 is 22.5 Å². The summed E-state index contributed by atoms with van der Waals surface area (Å²) in [6.45, 7) is 2.10. The predicted molar refractivity (Wildman–Crippen MR) is 106 cm³/mol. The number of nitrogens with one attached hydrogen (secondary N) is 2. The Morgan fingerprint density at radius 3 is 2.81 bits per heavy atom. The summed E-state index contributed by atoms with van der Waals surface area (Å²) >= 11 is 0. The number of aromatic nitrogens is 1. The first-order valence-electron chi connectivity index (χ1n) is 9.25. The number of rotatable bonds is 5. The fraction of sp³-hybridized carbons (Fsp3) is 0.273. The molecule has 0 aliphatic carbocycles. The maximum atomic E-state index is 12.2. The lowest BCUT2D eigenvalue weighted by atomic mass is 10.0. The highest BCUT2D eigenvalue weighted by Crippen LogP contribution is 2.24. The molecule has 26 heavy (non-hydrogen) atoms. The topological polar surface area (TPSA) is 54.0 Å². The number of nitrogens with zero attached hydrogens (tertiary/aromatic N) is 1. The Labute approximate surface area is 153 Å². The van der Waals surface area contributed by atoms with Crippen LogP contribution in [0.1, 0.15) is 19.3 Å². The van der Waals surface area contributed by atoms with Crippen LogP contribution in [0.4, 0.5) is 5.82 Å². The molecule has 0 bridgehead atoms. The lowest BCUT2D eigenvalue weighted by Gasteiger charge is -2.09. The van der Waals surface area contributed by atoms with E-state index >= 15 is 0 Å². The van der Waals surface area contributed by atoms with Gasteiger partial charge in [0.05, 0.1) is 5.69 Å². The number of amides is 1. The molecule has 0 saturated carbocycles. The van der Waals surface area contributed by atoms with Gasteiger partial charge in [-0.25, -0.2) is 4.98 Å². The first-order chi connectivity index (χ1) is 12.8. The molecule has 1 saturated heterocycles. The van der Waals surface area contributed by atoms with E-state index < -0.39 is 0 Å². The lowest BCUT2D eigenvalue weighted by molar-refractivity contribution is -0.116. The van der Waals surface area contributed by atoms with Gasteiger partial charge in [0.15, 0.2) is 0 Å². The Bertz CT molecular complexity index is 916. The molecule has 2 N–H and O–H groups in total. The molecule has 132 valence electrons. The van der Waals surface area contributed by atoms with Gasteiger partial charge in [0, 0.05) is 12.0 Å². The molecule has 4 heteroatoms. The van der Waals surface area contributed by atoms with Crippen LogP contribution in [0.15, 0.2) is 60.7 Å². The molecule has 1 aromatic heterocycles. The molecule has 1 aliphatic heterocycles. The van der Waals surface area contributed by atoms with E-state index in [0.717, 1.165) is 30.8 Å². The Kier molecular flexibility index (Phi) is 4.93. The van der Waals surface area contributed by atoms with Gasteiger partial charge in [-0.15, -0.1) is 0 Å². The highest BCUT2D eigenvalue weighted by molar-refractivity contribution is 5.90. The van der Waals surface area contributed by atoms with Crippen LogP contribution in [-0.4, -0.2) is 24.0 Å². The molecule has 4 nitrogen and oxygen atoms in total. The van der Waals surface area contributed by atoms with Gasteiger partial charge >= 0.3 is 0 Å². The van der Waals surface area contributed by atoms with Gasteiger partial charge in [-0.1, -0.05) is 42.5 Å². The van der Waals surface area contributed by atoms with E-state index in [0.29, 0.717) is 18.2 Å². The quantitative estimate of drug-likeness (QED) is 0.727. The molecule has 4 rings (SSSR count). The fourth-order valence-corrected chi connectivity index (χ4v) is 3.52. The number of fused-ring (bicyclic) bond motifs is 1. The molecule has 1 atom stereocenters. The summed E-state index contributed by atoms with van der Waals surface area (Å²) in [6.07, 6.45) is 2.65. The molecular formula is C22H23N3O. The van der Waals surface area contributed by atoms with E-state index in [1.165, 1.54) is 17.2 Å². The van der Waals surface area contributed by atoms with Crippen molar-refractivity contribution in [3.05, 3.63) is 60.7 Å². The first kappa shape index (κ1) is 16.7. The van der Waals surface area contributed by atoms with Gasteiger partial charge < -0.3 is 10.6 Å². The summed E-state index contributed by atoms with van der Waals surface area (Å²) in [5, 5.41) is 8.68. The average molecular weight is 345 g/mol. The van der Waals surface area contributed by atoms with Crippen LogP contribution >= 0.6 is 0 Å². The van der Waals surface area contributed by atoms with Gasteiger partial charge in [0.25, 0.3) is 0 Å². The maximum Gasteiger partial charge on any atom is 0.225 e. The zero-order chi connectivity index (χ0) is 17.8. The molecule has 1 fully saturated rings. The van der Waals surface area contributed by atoms with E-state index in [-0.39, 0.29) is 5.91 Å². The summed E-state index contributed by atoms with van der Waals surface area (Å²) in [5.74, 6) is 1.28. The molecular weight excluding hydrogens is 322 g/mol. The Balaban J connectivity index is 1.46. The van der Waals surface area contributed by atoms with Crippen molar-refractivity contribution in [2.45, 2.75) is 19.3 Å². The second-order valence-corrected chi connectivity index (χ2v) is 6.92. The third-order valence-corrected chi connectivity index (χ3v) is 5.00. The maximum absolute atomic E-state index is 12.2. The first-order valence-corrected chi connectivity index (χ1v) is 9.25. The second kappa shape index (κ2) is 7.67. The smallest absolute Gasteiger partial charge is 0.225 e. The highest BCUT2D eigenvalue weighted by Gasteiger charge is 2.16. The molecule has 3 aromatic rings. The van der Waals surface area contributed by atoms with Crippen LogP contribution in [0.2, 0.25) is 0 Å². The second-order valence-electron chi connectivity index (χ2n) is 6.92. The Hall–Kier alpha value is -2.72. The third kappa shape index (κ3) is 3.92. The van der Waals surface area contributed by atoms with Crippen LogP contribution in [0, 0.1) is 5.92 Å². The van der Waals surface area contributed by atoms with Crippen molar-refractivity contribution in [1.29, 1.82) is 0 Å². The van der Waals surface area contributed by atoms with E-state index in [4.69, 9.17) is 0 Å². The zero-order valence-corrected chi connectivity index (χ0v) is 14.7. The fourth-order valence-electron chi connectivity index (χ4n) is 3.52. The number of carbonyl (C=O) groups is 1. The summed E-state index contributed by atoms with van der Waals surface area (Å²) in [6, 6.07) is 20.4. The minimum absolute atomic E-state index is 0.0417. The number of pyridine rings is 1. The number of hydrogen-bond acceptors (Lipinski definition) is 3. The van der Waals surface area contributed by atoms with Gasteiger partial charge in [0.2, 0.25) is 5.91 Å². The number of hydrogen-bond donors (Lipinski definition) is 2. The van der Waals surface area contributed by atoms with Crippen molar-refractivity contribution in [2.24, 2.45) is 5.92 Å². The van der Waals surface area contributed by atoms with Crippen molar-refractivity contribution in [3.8, 4) is 11.3 Å². The number of carbonyl (C=O) groups excluding carboxylic acids is 1. The standard InChI is InChI=1S/C22H23N3O/c26-22(11-8-16-12-13-23-15-16)25-21-7-3-6-20(24-21)19-10-9-17-4-1-2-5-18(17)14-19/h1-7,9-10,14,16,23H,8,11-13,15H2,(H,24,25,26).